The summed E-state index contributed by atoms with van der Waals surface area (Å²) in [6.45, 7) is 8.93. The molecule has 28 nitrogen and oxygen atoms in total. The summed E-state index contributed by atoms with van der Waals surface area (Å²) in [6.07, 6.45) is -14.6. The number of benzene rings is 2. The summed E-state index contributed by atoms with van der Waals surface area (Å²) in [4.78, 5) is 138. The topological polar surface area (TPSA) is 432 Å². The highest BCUT2D eigenvalue weighted by molar-refractivity contribution is 6.18. The maximum absolute atomic E-state index is 13.9. The summed E-state index contributed by atoms with van der Waals surface area (Å²) in [5.41, 5.74) is 18.8. The molecule has 0 aliphatic carbocycles. The van der Waals surface area contributed by atoms with Crippen molar-refractivity contribution in [1.82, 2.24) is 36.0 Å². The number of aliphatic imine (C=N–C) groups is 1. The van der Waals surface area contributed by atoms with E-state index in [-0.39, 0.29) is 36.6 Å². The molecule has 2 aromatic rings. The molecule has 0 bridgehead atoms. The second kappa shape index (κ2) is 39.6. The predicted molar refractivity (Wildman–Crippen MR) is 307 cm³/mol. The Balaban J connectivity index is 0.00000130. The van der Waals surface area contributed by atoms with Gasteiger partial charge in [0.1, 0.15) is 12.1 Å². The second-order valence-corrected chi connectivity index (χ2v) is 20.5. The number of halogens is 12. The van der Waals surface area contributed by atoms with Crippen LogP contribution in [0.2, 0.25) is 0 Å². The number of alkyl halides is 12. The van der Waals surface area contributed by atoms with E-state index in [1.807, 2.05) is 41.3 Å². The van der Waals surface area contributed by atoms with Gasteiger partial charge >= 0.3 is 48.6 Å². The first-order valence-electron chi connectivity index (χ1n) is 28.2. The van der Waals surface area contributed by atoms with Crippen LogP contribution in [0, 0.1) is 5.92 Å². The highest BCUT2D eigenvalue weighted by Crippen LogP contribution is 2.38. The molecular formula is C54H73F12N13O15. The van der Waals surface area contributed by atoms with Gasteiger partial charge in [-0.2, -0.15) is 52.7 Å². The van der Waals surface area contributed by atoms with Crippen molar-refractivity contribution in [3.63, 3.8) is 0 Å². The number of piperidine rings is 1. The molecule has 0 saturated carbocycles. The molecule has 3 heterocycles. The number of para-hydroxylation sites is 3. The Labute approximate surface area is 527 Å². The Bertz CT molecular complexity index is 2800. The van der Waals surface area contributed by atoms with Crippen LogP contribution in [-0.4, -0.2) is 221 Å². The van der Waals surface area contributed by atoms with Crippen molar-refractivity contribution in [2.24, 2.45) is 28.1 Å². The van der Waals surface area contributed by atoms with Gasteiger partial charge in [-0.15, -0.1) is 0 Å². The maximum atomic E-state index is 13.9. The third-order valence-corrected chi connectivity index (χ3v) is 13.3. The predicted octanol–water partition coefficient (Wildman–Crippen LogP) is 2.88. The zero-order valence-electron chi connectivity index (χ0n) is 50.4. The minimum Gasteiger partial charge on any atom is -0.475 e. The van der Waals surface area contributed by atoms with Gasteiger partial charge in [-0.25, -0.2) is 19.2 Å². The number of anilines is 3. The quantitative estimate of drug-likeness (QED) is 0.0349. The zero-order chi connectivity index (χ0) is 71.9. The fourth-order valence-electron chi connectivity index (χ4n) is 8.60. The van der Waals surface area contributed by atoms with E-state index in [0.717, 1.165) is 38.8 Å². The Kier molecular flexibility index (Phi) is 35.0. The molecular weight excluding hydrogens is 1300 g/mol. The van der Waals surface area contributed by atoms with Gasteiger partial charge in [0.25, 0.3) is 5.91 Å². The molecule has 94 heavy (non-hydrogen) atoms. The minimum absolute atomic E-state index is 0.0502. The summed E-state index contributed by atoms with van der Waals surface area (Å²) in [5, 5.41) is 42.2. The summed E-state index contributed by atoms with van der Waals surface area (Å²) in [5.74, 6) is -13.0. The molecule has 3 aliphatic heterocycles. The number of fused-ring (bicyclic) bond motifs is 2. The van der Waals surface area contributed by atoms with Crippen LogP contribution in [-0.2, 0) is 47.9 Å². The van der Waals surface area contributed by atoms with Gasteiger partial charge in [-0.3, -0.25) is 58.6 Å². The molecule has 5 rings (SSSR count). The molecule has 0 unspecified atom stereocenters. The van der Waals surface area contributed by atoms with Crippen LogP contribution in [0.5, 0.6) is 0 Å². The summed E-state index contributed by atoms with van der Waals surface area (Å²) in [7, 11) is 0. The van der Waals surface area contributed by atoms with Gasteiger partial charge in [0, 0.05) is 59.2 Å². The third-order valence-electron chi connectivity index (χ3n) is 13.3. The lowest BCUT2D eigenvalue weighted by atomic mass is 9.91. The molecule has 0 radical (unpaired) electrons. The maximum Gasteiger partial charge on any atom is 0.490 e. The normalized spacial score (nSPS) is 15.2. The average Bonchev–Trinajstić information content (AvgIpc) is 1.58. The number of nitrogens with one attached hydrogen (secondary N) is 5. The number of hydrogen-bond donors (Lipinski definition) is 12. The van der Waals surface area contributed by atoms with Crippen molar-refractivity contribution in [3.05, 3.63) is 54.1 Å². The van der Waals surface area contributed by atoms with E-state index in [4.69, 9.17) is 56.8 Å². The third kappa shape index (κ3) is 32.1. The van der Waals surface area contributed by atoms with Crippen LogP contribution in [0.4, 0.5) is 69.7 Å². The van der Waals surface area contributed by atoms with E-state index in [0.29, 0.717) is 107 Å². The van der Waals surface area contributed by atoms with Crippen LogP contribution in [0.1, 0.15) is 82.0 Å². The standard InChI is InChI=1S/C46H69N13O7.4C2HF3O2/c1-31(42(63)55-45(66)37(13-8-20-47)53-32(2)60)52-44(65)36(14-9-21-51-46(48)49)50-22-25-56-26-28-58(29-27-56)40(61)17-7-10-33-18-23-57(24-19-33)30-41(62)59-38-15-5-3-11-34(38)43(64)54-35-12-4-6-16-39(35)59;4*3-2(4,5)1(6)7/h3-6,11-12,15-16,31,33,36-37,50H,7-10,13-14,17-30,47H2,1-2H3,(H,52,65)(H,53,60)(H,54,64)(H4,48,49,51)(H,55,63,66);4*(H,6,7)/t31-,36-,37-;;;;/m0..../s1. The molecule has 7 amide bonds. The molecule has 0 spiro atoms. The molecule has 3 atom stereocenters. The molecule has 528 valence electrons. The Morgan fingerprint density at radius 3 is 1.61 bits per heavy atom. The SMILES string of the molecule is CC(=O)N[C@@H](CCCN)C(=O)NC(=O)[C@H](C)NC(=O)[C@H](CCCN=C(N)N)NCCN1CCN(C(=O)CCCC2CCN(CC(=O)N3c4ccccc4NC(=O)c4ccccc43)CC2)CC1.O=C(O)C(F)(F)F.O=C(O)C(F)(F)F.O=C(O)C(F)(F)F.O=C(O)C(F)(F)F. The lowest BCUT2D eigenvalue weighted by Gasteiger charge is -2.35. The molecule has 0 aromatic heterocycles. The number of nitrogens with zero attached hydrogens (tertiary/aromatic N) is 5. The van der Waals surface area contributed by atoms with E-state index in [1.165, 1.54) is 13.8 Å². The van der Waals surface area contributed by atoms with Crippen LogP contribution in [0.15, 0.2) is 53.5 Å². The fraction of sp³-hybridized carbons (Fsp3) is 0.556. The van der Waals surface area contributed by atoms with E-state index in [9.17, 15) is 86.2 Å². The molecule has 40 heteroatoms. The van der Waals surface area contributed by atoms with Crippen LogP contribution in [0.25, 0.3) is 0 Å². The smallest absolute Gasteiger partial charge is 0.475 e. The van der Waals surface area contributed by atoms with E-state index >= 15 is 0 Å². The number of imide groups is 1. The van der Waals surface area contributed by atoms with Gasteiger partial charge in [0.2, 0.25) is 35.4 Å². The fourth-order valence-corrected chi connectivity index (χ4v) is 8.60. The number of piperazine rings is 1. The first-order chi connectivity index (χ1) is 43.5. The number of aliphatic carboxylic acids is 4. The number of nitrogens with two attached hydrogens (primary N) is 3. The van der Waals surface area contributed by atoms with Crippen molar-refractivity contribution >= 4 is 88.2 Å². The molecule has 2 aromatic carbocycles. The average molecular weight is 1370 g/mol. The lowest BCUT2D eigenvalue weighted by molar-refractivity contribution is -0.193. The Hall–Kier alpha value is -8.92. The van der Waals surface area contributed by atoms with Crippen molar-refractivity contribution in [3.8, 4) is 0 Å². The summed E-state index contributed by atoms with van der Waals surface area (Å²) in [6, 6.07) is 11.9. The number of guanidine groups is 1. The van der Waals surface area contributed by atoms with Crippen LogP contribution in [0.3, 0.4) is 0 Å². The number of rotatable bonds is 22. The Morgan fingerprint density at radius 1 is 0.628 bits per heavy atom. The van der Waals surface area contributed by atoms with E-state index in [2.05, 4.69) is 41.4 Å². The number of carboxylic acids is 4. The Morgan fingerprint density at radius 2 is 1.12 bits per heavy atom. The van der Waals surface area contributed by atoms with E-state index < -0.39 is 90.3 Å². The van der Waals surface area contributed by atoms with Gasteiger partial charge in [0.05, 0.1) is 35.2 Å². The first kappa shape index (κ1) is 83.1. The molecule has 3 aliphatic rings. The lowest BCUT2D eigenvalue weighted by Crippen LogP contribution is -2.56. The number of carboxylic acid groups (broad SMARTS) is 4. The highest BCUT2D eigenvalue weighted by atomic mass is 19.4. The number of carbonyl (C=O) groups is 11. The van der Waals surface area contributed by atoms with E-state index in [1.54, 1.807) is 17.0 Å². The zero-order valence-corrected chi connectivity index (χ0v) is 50.4. The van der Waals surface area contributed by atoms with Gasteiger partial charge in [-0.05, 0) is 108 Å². The molecule has 2 saturated heterocycles. The van der Waals surface area contributed by atoms with Gasteiger partial charge in [-0.1, -0.05) is 24.3 Å². The number of hydrogen-bond acceptors (Lipinski definition) is 16. The summed E-state index contributed by atoms with van der Waals surface area (Å²) < 4.78 is 127. The second-order valence-electron chi connectivity index (χ2n) is 20.5. The first-order valence-corrected chi connectivity index (χ1v) is 28.2. The van der Waals surface area contributed by atoms with Crippen LogP contribution >= 0.6 is 0 Å². The van der Waals surface area contributed by atoms with Crippen LogP contribution < -0.4 is 48.7 Å². The number of carbonyl (C=O) groups excluding carboxylic acids is 7. The molecule has 15 N–H and O–H groups in total. The minimum atomic E-state index is -5.08. The largest absolute Gasteiger partial charge is 0.490 e. The number of amides is 7. The molecule has 2 fully saturated rings. The number of likely N-dealkylation sites (tertiary alicyclic amines) is 1. The summed E-state index contributed by atoms with van der Waals surface area (Å²) >= 11 is 0. The van der Waals surface area contributed by atoms with Crippen molar-refractivity contribution < 1.29 is 126 Å². The van der Waals surface area contributed by atoms with Gasteiger partial charge in [0.15, 0.2) is 5.96 Å². The van der Waals surface area contributed by atoms with Crippen molar-refractivity contribution in [1.29, 1.82) is 0 Å². The van der Waals surface area contributed by atoms with Gasteiger partial charge < -0.3 is 63.8 Å². The van der Waals surface area contributed by atoms with Crippen molar-refractivity contribution in [2.45, 2.75) is 114 Å². The van der Waals surface area contributed by atoms with Crippen molar-refractivity contribution in [2.75, 3.05) is 82.2 Å². The highest BCUT2D eigenvalue weighted by Gasteiger charge is 2.41. The monoisotopic (exact) mass is 1370 g/mol.